The van der Waals surface area contributed by atoms with Crippen LogP contribution in [0.15, 0.2) is 77.8 Å². The molecule has 0 atom stereocenters. The normalized spacial score (nSPS) is 11.5. The summed E-state index contributed by atoms with van der Waals surface area (Å²) in [6.45, 7) is 1.47. The van der Waals surface area contributed by atoms with Gasteiger partial charge >= 0.3 is 0 Å². The molecule has 2 aromatic heterocycles. The number of aromatic nitrogens is 1. The highest BCUT2D eigenvalue weighted by atomic mass is 32.2. The van der Waals surface area contributed by atoms with E-state index in [9.17, 15) is 13.2 Å². The summed E-state index contributed by atoms with van der Waals surface area (Å²) in [7, 11) is -3.55. The van der Waals surface area contributed by atoms with Crippen molar-refractivity contribution in [2.75, 3.05) is 12.0 Å². The molecular weight excluding hydrogens is 400 g/mol. The number of hydrogen-bond acceptors (Lipinski definition) is 5. The van der Waals surface area contributed by atoms with Crippen molar-refractivity contribution in [1.82, 2.24) is 4.40 Å². The van der Waals surface area contributed by atoms with Crippen LogP contribution >= 0.6 is 0 Å². The molecule has 0 saturated heterocycles. The molecule has 7 heteroatoms. The number of ketones is 1. The molecule has 4 rings (SSSR count). The van der Waals surface area contributed by atoms with Crippen molar-refractivity contribution >= 4 is 26.8 Å². The lowest BCUT2D eigenvalue weighted by Crippen LogP contribution is -2.01. The Morgan fingerprint density at radius 2 is 1.67 bits per heavy atom. The van der Waals surface area contributed by atoms with Crippen LogP contribution < -0.4 is 10.5 Å². The Labute approximate surface area is 174 Å². The van der Waals surface area contributed by atoms with Gasteiger partial charge in [0.2, 0.25) is 0 Å². The highest BCUT2D eigenvalue weighted by molar-refractivity contribution is 7.90. The quantitative estimate of drug-likeness (QED) is 0.377. The molecule has 0 aliphatic heterocycles. The first kappa shape index (κ1) is 19.7. The zero-order valence-corrected chi connectivity index (χ0v) is 17.3. The molecule has 152 valence electrons. The Hall–Kier alpha value is -3.58. The largest absolute Gasteiger partial charge is 0.457 e. The van der Waals surface area contributed by atoms with Crippen molar-refractivity contribution in [2.45, 2.75) is 11.8 Å². The predicted molar refractivity (Wildman–Crippen MR) is 117 cm³/mol. The summed E-state index contributed by atoms with van der Waals surface area (Å²) in [5, 5.41) is 0. The summed E-state index contributed by atoms with van der Waals surface area (Å²) in [5.74, 6) is 1.11. The summed E-state index contributed by atoms with van der Waals surface area (Å²) in [6, 6.07) is 19.3. The molecule has 6 nitrogen and oxygen atoms in total. The van der Waals surface area contributed by atoms with Crippen molar-refractivity contribution in [3.63, 3.8) is 0 Å². The van der Waals surface area contributed by atoms with Crippen LogP contribution in [0.4, 0.5) is 5.69 Å². The number of carbonyl (C=O) groups excluding carboxylic acids is 1. The second-order valence-corrected chi connectivity index (χ2v) is 9.04. The fraction of sp³-hybridized carbons (Fsp3) is 0.0870. The predicted octanol–water partition coefficient (Wildman–Crippen LogP) is 4.59. The van der Waals surface area contributed by atoms with Gasteiger partial charge in [-0.15, -0.1) is 0 Å². The fourth-order valence-corrected chi connectivity index (χ4v) is 4.35. The summed E-state index contributed by atoms with van der Waals surface area (Å²) in [6.07, 6.45) is 2.88. The lowest BCUT2D eigenvalue weighted by Gasteiger charge is -2.10. The number of nitrogens with zero attached hydrogens (tertiary/aromatic N) is 1. The SMILES string of the molecule is CC(=O)c1cc(-c2ccc(N)cc2S(C)(=O)=O)c2cc(Oc3ccccc3)ccn12. The first-order valence-electron chi connectivity index (χ1n) is 9.23. The molecule has 0 radical (unpaired) electrons. The van der Waals surface area contributed by atoms with Crippen molar-refractivity contribution in [2.24, 2.45) is 0 Å². The number of nitrogen functional groups attached to an aromatic ring is 1. The number of anilines is 1. The summed E-state index contributed by atoms with van der Waals surface area (Å²) in [4.78, 5) is 12.3. The molecule has 2 N–H and O–H groups in total. The Kier molecular flexibility index (Phi) is 4.83. The maximum absolute atomic E-state index is 12.4. The first-order chi connectivity index (χ1) is 14.2. The number of carbonyl (C=O) groups is 1. The van der Waals surface area contributed by atoms with E-state index in [0.717, 1.165) is 6.26 Å². The molecule has 30 heavy (non-hydrogen) atoms. The molecule has 4 aromatic rings. The van der Waals surface area contributed by atoms with Crippen molar-refractivity contribution < 1.29 is 17.9 Å². The number of hydrogen-bond donors (Lipinski definition) is 1. The third-order valence-electron chi connectivity index (χ3n) is 4.78. The van der Waals surface area contributed by atoms with Crippen molar-refractivity contribution in [1.29, 1.82) is 0 Å². The van der Waals surface area contributed by atoms with Gasteiger partial charge in [0.15, 0.2) is 15.6 Å². The van der Waals surface area contributed by atoms with Gasteiger partial charge in [0.25, 0.3) is 0 Å². The molecule has 0 aliphatic rings. The molecule has 0 fully saturated rings. The minimum absolute atomic E-state index is 0.111. The van der Waals surface area contributed by atoms with Crippen LogP contribution in [-0.4, -0.2) is 24.9 Å². The Morgan fingerprint density at radius 3 is 2.33 bits per heavy atom. The number of para-hydroxylation sites is 1. The van der Waals surface area contributed by atoms with Gasteiger partial charge in [-0.05, 0) is 36.4 Å². The zero-order chi connectivity index (χ0) is 21.5. The number of pyridine rings is 1. The number of ether oxygens (including phenoxy) is 1. The van der Waals surface area contributed by atoms with Gasteiger partial charge in [0, 0.05) is 42.3 Å². The summed E-state index contributed by atoms with van der Waals surface area (Å²) in [5.41, 5.74) is 8.38. The van der Waals surface area contributed by atoms with E-state index in [1.54, 1.807) is 40.9 Å². The van der Waals surface area contributed by atoms with Crippen LogP contribution in [0.5, 0.6) is 11.5 Å². The highest BCUT2D eigenvalue weighted by Gasteiger charge is 2.21. The monoisotopic (exact) mass is 420 g/mol. The molecule has 0 bridgehead atoms. The van der Waals surface area contributed by atoms with Gasteiger partial charge in [-0.2, -0.15) is 0 Å². The maximum atomic E-state index is 12.4. The second kappa shape index (κ2) is 7.35. The fourth-order valence-electron chi connectivity index (χ4n) is 3.42. The molecule has 0 aliphatic carbocycles. The van der Waals surface area contributed by atoms with E-state index in [4.69, 9.17) is 10.5 Å². The van der Waals surface area contributed by atoms with E-state index >= 15 is 0 Å². The summed E-state index contributed by atoms with van der Waals surface area (Å²) >= 11 is 0. The standard InChI is InChI=1S/C23H20N2O4S/c1-15(26)21-14-20(19-9-8-16(24)12-23(19)30(2,27)28)22-13-18(10-11-25(21)22)29-17-6-4-3-5-7-17/h3-14H,24H2,1-2H3. The van der Waals surface area contributed by atoms with Crippen LogP contribution in [0.3, 0.4) is 0 Å². The van der Waals surface area contributed by atoms with E-state index in [0.29, 0.717) is 39.5 Å². The molecule has 0 amide bonds. The van der Waals surface area contributed by atoms with Gasteiger partial charge in [-0.25, -0.2) is 8.42 Å². The lowest BCUT2D eigenvalue weighted by molar-refractivity contribution is 0.101. The van der Waals surface area contributed by atoms with Crippen LogP contribution in [0.1, 0.15) is 17.4 Å². The summed E-state index contributed by atoms with van der Waals surface area (Å²) < 4.78 is 32.5. The Morgan fingerprint density at radius 1 is 0.933 bits per heavy atom. The lowest BCUT2D eigenvalue weighted by atomic mass is 10.1. The second-order valence-electron chi connectivity index (χ2n) is 7.06. The molecule has 0 spiro atoms. The maximum Gasteiger partial charge on any atom is 0.176 e. The van der Waals surface area contributed by atoms with Gasteiger partial charge < -0.3 is 14.9 Å². The number of benzene rings is 2. The smallest absolute Gasteiger partial charge is 0.176 e. The number of Topliss-reactive ketones (excluding diaryl/α,β-unsaturated/α-hetero) is 1. The Bertz CT molecular complexity index is 1370. The molecule has 2 heterocycles. The molecular formula is C23H20N2O4S. The third-order valence-corrected chi connectivity index (χ3v) is 5.91. The Balaban J connectivity index is 1.96. The van der Waals surface area contributed by atoms with E-state index in [-0.39, 0.29) is 10.7 Å². The zero-order valence-electron chi connectivity index (χ0n) is 16.5. The molecule has 2 aromatic carbocycles. The third kappa shape index (κ3) is 3.67. The van der Waals surface area contributed by atoms with Gasteiger partial charge in [0.05, 0.1) is 16.1 Å². The van der Waals surface area contributed by atoms with E-state index in [2.05, 4.69) is 0 Å². The van der Waals surface area contributed by atoms with Crippen LogP contribution in [-0.2, 0) is 9.84 Å². The number of fused-ring (bicyclic) bond motifs is 1. The average molecular weight is 420 g/mol. The van der Waals surface area contributed by atoms with Crippen LogP contribution in [0.2, 0.25) is 0 Å². The molecule has 0 unspecified atom stereocenters. The highest BCUT2D eigenvalue weighted by Crippen LogP contribution is 2.36. The van der Waals surface area contributed by atoms with Crippen molar-refractivity contribution in [3.05, 3.63) is 78.6 Å². The van der Waals surface area contributed by atoms with Crippen LogP contribution in [0.25, 0.3) is 16.6 Å². The van der Waals surface area contributed by atoms with Crippen molar-refractivity contribution in [3.8, 4) is 22.6 Å². The average Bonchev–Trinajstić information content (AvgIpc) is 3.07. The van der Waals surface area contributed by atoms with Gasteiger partial charge in [-0.1, -0.05) is 24.3 Å². The first-order valence-corrected chi connectivity index (χ1v) is 11.1. The minimum Gasteiger partial charge on any atom is -0.457 e. The van der Waals surface area contributed by atoms with Gasteiger partial charge in [-0.3, -0.25) is 4.79 Å². The topological polar surface area (TPSA) is 90.9 Å². The number of rotatable bonds is 5. The van der Waals surface area contributed by atoms with E-state index in [1.807, 2.05) is 30.3 Å². The van der Waals surface area contributed by atoms with E-state index < -0.39 is 9.84 Å². The minimum atomic E-state index is -3.55. The van der Waals surface area contributed by atoms with Crippen LogP contribution in [0, 0.1) is 0 Å². The number of nitrogens with two attached hydrogens (primary N) is 1. The van der Waals surface area contributed by atoms with E-state index in [1.165, 1.54) is 13.0 Å². The number of sulfone groups is 1. The van der Waals surface area contributed by atoms with Gasteiger partial charge in [0.1, 0.15) is 11.5 Å². The molecule has 0 saturated carbocycles.